The average Bonchev–Trinajstić information content (AvgIpc) is 2.00. The largest absolute Gasteiger partial charge is 0.391 e. The van der Waals surface area contributed by atoms with E-state index in [9.17, 15) is 9.90 Å². The van der Waals surface area contributed by atoms with Crippen LogP contribution in [-0.4, -0.2) is 30.7 Å². The van der Waals surface area contributed by atoms with E-state index >= 15 is 0 Å². The number of methoxy groups -OCH3 is 1. The predicted molar refractivity (Wildman–Crippen MR) is 47.0 cm³/mol. The number of aliphatic hydroxyl groups is 1. The normalized spacial score (nSPS) is 15.7. The van der Waals surface area contributed by atoms with Gasteiger partial charge in [0.25, 0.3) is 0 Å². The van der Waals surface area contributed by atoms with Crippen LogP contribution in [0.3, 0.4) is 0 Å². The van der Waals surface area contributed by atoms with E-state index in [1.807, 2.05) is 6.92 Å². The lowest BCUT2D eigenvalue weighted by atomic mass is 9.95. The standard InChI is InChI=1S/C9H18O3/c1-4-8(7(2)10)5-9(11)6-12-3/h8-9,11H,4-6H2,1-3H3. The highest BCUT2D eigenvalue weighted by Gasteiger charge is 2.16. The van der Waals surface area contributed by atoms with E-state index in [0.29, 0.717) is 13.0 Å². The first kappa shape index (κ1) is 11.6. The van der Waals surface area contributed by atoms with Crippen molar-refractivity contribution in [1.82, 2.24) is 0 Å². The Morgan fingerprint density at radius 3 is 2.50 bits per heavy atom. The molecule has 3 heteroatoms. The van der Waals surface area contributed by atoms with Gasteiger partial charge in [0.05, 0.1) is 12.7 Å². The number of hydrogen-bond donors (Lipinski definition) is 1. The molecule has 0 aliphatic heterocycles. The lowest BCUT2D eigenvalue weighted by Crippen LogP contribution is -2.22. The molecule has 0 saturated carbocycles. The number of rotatable bonds is 6. The van der Waals surface area contributed by atoms with Gasteiger partial charge in [-0.2, -0.15) is 0 Å². The van der Waals surface area contributed by atoms with Crippen molar-refractivity contribution in [2.45, 2.75) is 32.8 Å². The van der Waals surface area contributed by atoms with Gasteiger partial charge < -0.3 is 9.84 Å². The second-order valence-corrected chi connectivity index (χ2v) is 3.06. The first-order valence-electron chi connectivity index (χ1n) is 4.29. The van der Waals surface area contributed by atoms with Crippen LogP contribution in [0.4, 0.5) is 0 Å². The third-order valence-corrected chi connectivity index (χ3v) is 1.98. The van der Waals surface area contributed by atoms with Gasteiger partial charge in [-0.25, -0.2) is 0 Å². The minimum atomic E-state index is -0.510. The third kappa shape index (κ3) is 4.46. The van der Waals surface area contributed by atoms with Crippen LogP contribution in [0.2, 0.25) is 0 Å². The number of ether oxygens (including phenoxy) is 1. The number of carbonyl (C=O) groups is 1. The molecule has 0 radical (unpaired) electrons. The van der Waals surface area contributed by atoms with E-state index in [1.54, 1.807) is 6.92 Å². The van der Waals surface area contributed by atoms with Crippen molar-refractivity contribution < 1.29 is 14.6 Å². The van der Waals surface area contributed by atoms with Gasteiger partial charge in [0.15, 0.2) is 0 Å². The lowest BCUT2D eigenvalue weighted by molar-refractivity contribution is -0.122. The molecule has 0 spiro atoms. The summed E-state index contributed by atoms with van der Waals surface area (Å²) in [5.41, 5.74) is 0. The highest BCUT2D eigenvalue weighted by atomic mass is 16.5. The van der Waals surface area contributed by atoms with E-state index in [1.165, 1.54) is 7.11 Å². The van der Waals surface area contributed by atoms with E-state index in [-0.39, 0.29) is 11.7 Å². The molecule has 0 aliphatic rings. The lowest BCUT2D eigenvalue weighted by Gasteiger charge is -2.15. The first-order chi connectivity index (χ1) is 5.61. The number of ketones is 1. The molecular weight excluding hydrogens is 156 g/mol. The monoisotopic (exact) mass is 174 g/mol. The van der Waals surface area contributed by atoms with Crippen molar-refractivity contribution in [3.05, 3.63) is 0 Å². The molecule has 0 aromatic heterocycles. The SMILES string of the molecule is CCC(CC(O)COC)C(C)=O. The Labute approximate surface area is 73.7 Å². The zero-order valence-electron chi connectivity index (χ0n) is 8.04. The van der Waals surface area contributed by atoms with E-state index in [0.717, 1.165) is 6.42 Å². The number of aliphatic hydroxyl groups excluding tert-OH is 1. The highest BCUT2D eigenvalue weighted by molar-refractivity contribution is 5.78. The Balaban J connectivity index is 3.77. The van der Waals surface area contributed by atoms with Crippen molar-refractivity contribution in [1.29, 1.82) is 0 Å². The Bertz CT molecular complexity index is 134. The first-order valence-corrected chi connectivity index (χ1v) is 4.29. The van der Waals surface area contributed by atoms with Crippen LogP contribution in [-0.2, 0) is 9.53 Å². The van der Waals surface area contributed by atoms with Crippen molar-refractivity contribution >= 4 is 5.78 Å². The zero-order valence-corrected chi connectivity index (χ0v) is 8.04. The van der Waals surface area contributed by atoms with Crippen LogP contribution in [0.15, 0.2) is 0 Å². The Kier molecular flexibility index (Phi) is 5.93. The van der Waals surface area contributed by atoms with Crippen LogP contribution in [0.1, 0.15) is 26.7 Å². The van der Waals surface area contributed by atoms with Gasteiger partial charge in [-0.15, -0.1) is 0 Å². The number of Topliss-reactive ketones (excluding diaryl/α,β-unsaturated/α-hetero) is 1. The molecule has 0 aromatic rings. The van der Waals surface area contributed by atoms with E-state index in [2.05, 4.69) is 0 Å². The van der Waals surface area contributed by atoms with Gasteiger partial charge in [-0.1, -0.05) is 6.92 Å². The summed E-state index contributed by atoms with van der Waals surface area (Å²) in [6.45, 7) is 3.82. The molecular formula is C9H18O3. The third-order valence-electron chi connectivity index (χ3n) is 1.98. The minimum Gasteiger partial charge on any atom is -0.391 e. The molecule has 0 aromatic carbocycles. The van der Waals surface area contributed by atoms with Crippen LogP contribution in [0.5, 0.6) is 0 Å². The Hall–Kier alpha value is -0.410. The smallest absolute Gasteiger partial charge is 0.132 e. The second kappa shape index (κ2) is 6.14. The van der Waals surface area contributed by atoms with Gasteiger partial charge in [0.1, 0.15) is 5.78 Å². The number of carbonyl (C=O) groups excluding carboxylic acids is 1. The summed E-state index contributed by atoms with van der Waals surface area (Å²) in [6, 6.07) is 0. The molecule has 0 amide bonds. The molecule has 2 unspecified atom stereocenters. The molecule has 2 atom stereocenters. The highest BCUT2D eigenvalue weighted by Crippen LogP contribution is 2.12. The van der Waals surface area contributed by atoms with Crippen molar-refractivity contribution in [2.75, 3.05) is 13.7 Å². The fraction of sp³-hybridized carbons (Fsp3) is 0.889. The van der Waals surface area contributed by atoms with Crippen molar-refractivity contribution in [3.63, 3.8) is 0 Å². The summed E-state index contributed by atoms with van der Waals surface area (Å²) >= 11 is 0. The molecule has 3 nitrogen and oxygen atoms in total. The summed E-state index contributed by atoms with van der Waals surface area (Å²) in [5, 5.41) is 9.32. The molecule has 12 heavy (non-hydrogen) atoms. The molecule has 0 rings (SSSR count). The summed E-state index contributed by atoms with van der Waals surface area (Å²) in [4.78, 5) is 11.0. The molecule has 0 fully saturated rings. The molecule has 0 aliphatic carbocycles. The average molecular weight is 174 g/mol. The molecule has 0 bridgehead atoms. The van der Waals surface area contributed by atoms with Gasteiger partial charge in [0.2, 0.25) is 0 Å². The van der Waals surface area contributed by atoms with Gasteiger partial charge in [-0.3, -0.25) is 4.79 Å². The van der Waals surface area contributed by atoms with Crippen LogP contribution in [0, 0.1) is 5.92 Å². The van der Waals surface area contributed by atoms with Gasteiger partial charge >= 0.3 is 0 Å². The minimum absolute atomic E-state index is 0.0184. The second-order valence-electron chi connectivity index (χ2n) is 3.06. The molecule has 0 heterocycles. The molecule has 1 N–H and O–H groups in total. The predicted octanol–water partition coefficient (Wildman–Crippen LogP) is 0.999. The summed E-state index contributed by atoms with van der Waals surface area (Å²) in [7, 11) is 1.54. The van der Waals surface area contributed by atoms with Gasteiger partial charge in [-0.05, 0) is 19.8 Å². The van der Waals surface area contributed by atoms with Crippen LogP contribution in [0.25, 0.3) is 0 Å². The van der Waals surface area contributed by atoms with Gasteiger partial charge in [0, 0.05) is 13.0 Å². The van der Waals surface area contributed by atoms with E-state index in [4.69, 9.17) is 4.74 Å². The van der Waals surface area contributed by atoms with Crippen molar-refractivity contribution in [3.8, 4) is 0 Å². The van der Waals surface area contributed by atoms with Crippen LogP contribution < -0.4 is 0 Å². The quantitative estimate of drug-likeness (QED) is 0.653. The fourth-order valence-electron chi connectivity index (χ4n) is 1.21. The van der Waals surface area contributed by atoms with E-state index < -0.39 is 6.10 Å². The van der Waals surface area contributed by atoms with Crippen molar-refractivity contribution in [2.24, 2.45) is 5.92 Å². The summed E-state index contributed by atoms with van der Waals surface area (Å²) in [5.74, 6) is 0.128. The Morgan fingerprint density at radius 2 is 2.17 bits per heavy atom. The Morgan fingerprint density at radius 1 is 1.58 bits per heavy atom. The molecule has 72 valence electrons. The summed E-state index contributed by atoms with van der Waals surface area (Å²) in [6.07, 6.45) is 0.791. The molecule has 0 saturated heterocycles. The number of hydrogen-bond acceptors (Lipinski definition) is 3. The maximum atomic E-state index is 11.0. The summed E-state index contributed by atoms with van der Waals surface area (Å²) < 4.78 is 4.77. The maximum absolute atomic E-state index is 11.0. The zero-order chi connectivity index (χ0) is 9.56. The fourth-order valence-corrected chi connectivity index (χ4v) is 1.21. The van der Waals surface area contributed by atoms with Crippen LogP contribution >= 0.6 is 0 Å². The topological polar surface area (TPSA) is 46.5 Å². The maximum Gasteiger partial charge on any atom is 0.132 e.